The van der Waals surface area contributed by atoms with E-state index in [1.807, 2.05) is 32.9 Å². The van der Waals surface area contributed by atoms with Crippen molar-refractivity contribution in [1.82, 2.24) is 0 Å². The smallest absolute Gasteiger partial charge is 0.269 e. The summed E-state index contributed by atoms with van der Waals surface area (Å²) in [4.78, 5) is 6.07. The zero-order valence-electron chi connectivity index (χ0n) is 17.1. The Morgan fingerprint density at radius 2 is 1.10 bits per heavy atom. The summed E-state index contributed by atoms with van der Waals surface area (Å²) in [5, 5.41) is 5.91. The Labute approximate surface area is 173 Å². The molecule has 2 nitrogen and oxygen atoms in total. The van der Waals surface area contributed by atoms with Gasteiger partial charge in [-0.2, -0.15) is 0 Å². The third-order valence-electron chi connectivity index (χ3n) is 4.95. The summed E-state index contributed by atoms with van der Waals surface area (Å²) in [6.07, 6.45) is 0. The Morgan fingerprint density at radius 3 is 1.69 bits per heavy atom. The zero-order valence-corrected chi connectivity index (χ0v) is 18.1. The molecule has 0 saturated heterocycles. The van der Waals surface area contributed by atoms with Crippen LogP contribution in [0.5, 0.6) is 0 Å². The Hall–Kier alpha value is -2.72. The van der Waals surface area contributed by atoms with E-state index in [4.69, 9.17) is 9.46 Å². The first-order valence-electron chi connectivity index (χ1n) is 9.97. The second kappa shape index (κ2) is 7.95. The Kier molecular flexibility index (Phi) is 5.37. The minimum atomic E-state index is -2.92. The average Bonchev–Trinajstić information content (AvgIpc) is 2.75. The molecule has 0 fully saturated rings. The first kappa shape index (κ1) is 19.6. The second-order valence-electron chi connectivity index (χ2n) is 8.22. The van der Waals surface area contributed by atoms with Gasteiger partial charge in [0.05, 0.1) is 5.60 Å². The van der Waals surface area contributed by atoms with Crippen molar-refractivity contribution in [3.8, 4) is 0 Å². The molecule has 0 atom stereocenters. The molecule has 0 saturated carbocycles. The van der Waals surface area contributed by atoms with Gasteiger partial charge in [-0.25, -0.2) is 4.89 Å². The van der Waals surface area contributed by atoms with Crippen LogP contribution in [-0.2, 0) is 9.46 Å². The molecule has 0 radical (unpaired) electrons. The largest absolute Gasteiger partial charge is 0.332 e. The molecule has 0 bridgehead atoms. The van der Waals surface area contributed by atoms with Gasteiger partial charge in [-0.1, -0.05) is 103 Å². The van der Waals surface area contributed by atoms with Gasteiger partial charge in [0.2, 0.25) is 0 Å². The van der Waals surface area contributed by atoms with Crippen molar-refractivity contribution in [2.45, 2.75) is 26.4 Å². The third kappa shape index (κ3) is 3.90. The molecule has 0 amide bonds. The van der Waals surface area contributed by atoms with Gasteiger partial charge in [0.15, 0.2) is 0 Å². The van der Waals surface area contributed by atoms with E-state index < -0.39 is 13.9 Å². The molecule has 4 aromatic rings. The molecule has 29 heavy (non-hydrogen) atoms. The fourth-order valence-electron chi connectivity index (χ4n) is 3.68. The minimum absolute atomic E-state index is 0.424. The van der Waals surface area contributed by atoms with Crippen LogP contribution in [0.15, 0.2) is 103 Å². The zero-order chi connectivity index (χ0) is 20.3. The molecule has 0 aliphatic carbocycles. The molecule has 0 aliphatic rings. The number of fused-ring (bicyclic) bond motifs is 1. The Bertz CT molecular complexity index is 1040. The Morgan fingerprint density at radius 1 is 0.586 bits per heavy atom. The summed E-state index contributed by atoms with van der Waals surface area (Å²) in [6.45, 7) is 6.06. The van der Waals surface area contributed by atoms with E-state index in [9.17, 15) is 0 Å². The normalized spacial score (nSPS) is 12.2. The number of hydrogen-bond donors (Lipinski definition) is 0. The topological polar surface area (TPSA) is 18.5 Å². The van der Waals surface area contributed by atoms with E-state index in [-0.39, 0.29) is 0 Å². The SMILES string of the molecule is CC(C)(C)OO[Si](c1ccccc1)(c1ccccc1)c1cccc2ccccc12. The molecule has 146 valence electrons. The Balaban J connectivity index is 2.07. The summed E-state index contributed by atoms with van der Waals surface area (Å²) >= 11 is 0. The quantitative estimate of drug-likeness (QED) is 0.212. The van der Waals surface area contributed by atoms with Gasteiger partial charge in [-0.3, -0.25) is 4.58 Å². The highest BCUT2D eigenvalue weighted by Gasteiger charge is 2.45. The molecule has 3 heteroatoms. The van der Waals surface area contributed by atoms with Crippen molar-refractivity contribution in [3.05, 3.63) is 103 Å². The van der Waals surface area contributed by atoms with Crippen molar-refractivity contribution in [2.24, 2.45) is 0 Å². The van der Waals surface area contributed by atoms with Gasteiger partial charge >= 0.3 is 8.32 Å². The van der Waals surface area contributed by atoms with Crippen LogP contribution in [-0.4, -0.2) is 13.9 Å². The lowest BCUT2D eigenvalue weighted by Crippen LogP contribution is -2.69. The van der Waals surface area contributed by atoms with Crippen LogP contribution in [0.4, 0.5) is 0 Å². The van der Waals surface area contributed by atoms with Crippen LogP contribution in [0.2, 0.25) is 0 Å². The van der Waals surface area contributed by atoms with Gasteiger partial charge in [-0.05, 0) is 47.1 Å². The maximum absolute atomic E-state index is 6.60. The van der Waals surface area contributed by atoms with Crippen molar-refractivity contribution < 1.29 is 9.46 Å². The average molecular weight is 399 g/mol. The van der Waals surface area contributed by atoms with Crippen LogP contribution in [0.1, 0.15) is 20.8 Å². The summed E-state index contributed by atoms with van der Waals surface area (Å²) in [7, 11) is -2.92. The highest BCUT2D eigenvalue weighted by Crippen LogP contribution is 2.20. The molecule has 0 aliphatic heterocycles. The summed E-state index contributed by atoms with van der Waals surface area (Å²) in [5.41, 5.74) is -0.424. The number of hydrogen-bond acceptors (Lipinski definition) is 2. The second-order valence-corrected chi connectivity index (χ2v) is 11.4. The standard InChI is InChI=1S/C26H26O2Si/c1-26(2,3)27-28-29(22-15-6-4-7-16-22,23-17-8-5-9-18-23)25-20-12-14-21-13-10-11-19-24(21)25/h4-20H,1-3H3. The fourth-order valence-corrected chi connectivity index (χ4v) is 7.56. The van der Waals surface area contributed by atoms with E-state index in [1.54, 1.807) is 0 Å². The van der Waals surface area contributed by atoms with Crippen molar-refractivity contribution in [1.29, 1.82) is 0 Å². The van der Waals surface area contributed by atoms with Crippen LogP contribution < -0.4 is 15.6 Å². The molecule has 0 N–H and O–H groups in total. The van der Waals surface area contributed by atoms with Crippen molar-refractivity contribution >= 4 is 34.7 Å². The molecular weight excluding hydrogens is 372 g/mol. The lowest BCUT2D eigenvalue weighted by molar-refractivity contribution is -0.281. The van der Waals surface area contributed by atoms with E-state index in [0.29, 0.717) is 0 Å². The van der Waals surface area contributed by atoms with Gasteiger partial charge in [0.25, 0.3) is 0 Å². The maximum atomic E-state index is 6.60. The first-order valence-corrected chi connectivity index (χ1v) is 11.9. The summed E-state index contributed by atoms with van der Waals surface area (Å²) < 4.78 is 6.60. The predicted molar refractivity (Wildman–Crippen MR) is 123 cm³/mol. The third-order valence-corrected chi connectivity index (χ3v) is 8.77. The van der Waals surface area contributed by atoms with Gasteiger partial charge < -0.3 is 0 Å². The molecule has 0 heterocycles. The lowest BCUT2D eigenvalue weighted by atomic mass is 10.1. The molecule has 0 spiro atoms. The van der Waals surface area contributed by atoms with Crippen LogP contribution >= 0.6 is 0 Å². The number of rotatable bonds is 5. The lowest BCUT2D eigenvalue weighted by Gasteiger charge is -2.34. The molecule has 0 unspecified atom stereocenters. The van der Waals surface area contributed by atoms with E-state index in [0.717, 1.165) is 10.4 Å². The number of benzene rings is 4. The highest BCUT2D eigenvalue weighted by atomic mass is 28.4. The van der Waals surface area contributed by atoms with Crippen LogP contribution in [0.25, 0.3) is 10.8 Å². The van der Waals surface area contributed by atoms with Crippen molar-refractivity contribution in [2.75, 3.05) is 0 Å². The minimum Gasteiger partial charge on any atom is -0.269 e. The van der Waals surface area contributed by atoms with Crippen LogP contribution in [0.3, 0.4) is 0 Å². The van der Waals surface area contributed by atoms with Crippen molar-refractivity contribution in [3.63, 3.8) is 0 Å². The fraction of sp³-hybridized carbons (Fsp3) is 0.154. The first-order chi connectivity index (χ1) is 14.0. The monoisotopic (exact) mass is 398 g/mol. The molecular formula is C26H26O2Si. The molecule has 0 aromatic heterocycles. The van der Waals surface area contributed by atoms with E-state index in [2.05, 4.69) is 91.0 Å². The predicted octanol–water partition coefficient (Wildman–Crippen LogP) is 4.55. The molecule has 4 aromatic carbocycles. The van der Waals surface area contributed by atoms with Gasteiger partial charge in [0, 0.05) is 0 Å². The summed E-state index contributed by atoms with van der Waals surface area (Å²) in [6, 6.07) is 36.0. The van der Waals surface area contributed by atoms with Gasteiger partial charge in [-0.15, -0.1) is 0 Å². The highest BCUT2D eigenvalue weighted by molar-refractivity contribution is 7.08. The van der Waals surface area contributed by atoms with Crippen LogP contribution in [0, 0.1) is 0 Å². The van der Waals surface area contributed by atoms with E-state index >= 15 is 0 Å². The summed E-state index contributed by atoms with van der Waals surface area (Å²) in [5.74, 6) is 0. The van der Waals surface area contributed by atoms with Gasteiger partial charge in [0.1, 0.15) is 0 Å². The maximum Gasteiger partial charge on any atom is 0.332 e. The molecule has 4 rings (SSSR count). The van der Waals surface area contributed by atoms with E-state index in [1.165, 1.54) is 16.0 Å².